The second-order valence-electron chi connectivity index (χ2n) is 8.59. The molecule has 4 aliphatic rings. The highest BCUT2D eigenvalue weighted by Crippen LogP contribution is 2.65. The van der Waals surface area contributed by atoms with Crippen molar-refractivity contribution >= 4 is 11.8 Å². The summed E-state index contributed by atoms with van der Waals surface area (Å²) in [6.45, 7) is 9.04. The van der Waals surface area contributed by atoms with Crippen LogP contribution < -0.4 is 0 Å². The minimum Gasteiger partial charge on any atom is -0.122 e. The van der Waals surface area contributed by atoms with Gasteiger partial charge in [0, 0.05) is 10.7 Å². The molecule has 0 nitrogen and oxygen atoms in total. The lowest BCUT2D eigenvalue weighted by molar-refractivity contribution is 0.00200. The zero-order valence-corrected chi connectivity index (χ0v) is 15.0. The minimum atomic E-state index is 0.329. The van der Waals surface area contributed by atoms with Gasteiger partial charge in [0.2, 0.25) is 0 Å². The minimum absolute atomic E-state index is 0.329. The lowest BCUT2D eigenvalue weighted by atomic mass is 9.52. The first-order valence-corrected chi connectivity index (χ1v) is 10.1. The zero-order chi connectivity index (χ0) is 15.4. The van der Waals surface area contributed by atoms with E-state index < -0.39 is 0 Å². The summed E-state index contributed by atoms with van der Waals surface area (Å²) in [6, 6.07) is 0. The fourth-order valence-corrected chi connectivity index (χ4v) is 7.56. The molecule has 0 aromatic carbocycles. The van der Waals surface area contributed by atoms with Gasteiger partial charge in [-0.25, -0.2) is 0 Å². The van der Waals surface area contributed by atoms with Gasteiger partial charge in [0.15, 0.2) is 0 Å². The average molecular weight is 315 g/mol. The maximum absolute atomic E-state index is 3.92. The molecule has 0 N–H and O–H groups in total. The third-order valence-electron chi connectivity index (χ3n) is 7.43. The summed E-state index contributed by atoms with van der Waals surface area (Å²) in [4.78, 5) is 1.67. The Morgan fingerprint density at radius 2 is 2.14 bits per heavy atom. The van der Waals surface area contributed by atoms with E-state index in [2.05, 4.69) is 56.5 Å². The molecule has 1 heteroatoms. The van der Waals surface area contributed by atoms with Gasteiger partial charge in [0.1, 0.15) is 0 Å². The van der Waals surface area contributed by atoms with Gasteiger partial charge >= 0.3 is 0 Å². The highest BCUT2D eigenvalue weighted by atomic mass is 32.2. The smallest absolute Gasteiger partial charge is 0.0306 e. The van der Waals surface area contributed by atoms with Gasteiger partial charge in [-0.1, -0.05) is 44.6 Å². The molecule has 0 spiro atoms. The normalized spacial score (nSPS) is 49.8. The lowest BCUT2D eigenvalue weighted by Crippen LogP contribution is -2.47. The third-order valence-corrected chi connectivity index (χ3v) is 8.94. The lowest BCUT2D eigenvalue weighted by Gasteiger charge is -2.55. The predicted molar refractivity (Wildman–Crippen MR) is 97.8 cm³/mol. The first-order valence-electron chi connectivity index (χ1n) is 9.24. The average Bonchev–Trinajstić information content (AvgIpc) is 2.89. The standard InChI is InChI=1S/C21H30S/c1-4-6-15-10-14-21(3)18-11-13-20(2)12-5-7-17(20)16(18)8-9-19(21)22-15/h4,9-10,14-18H,1,5-8,11-13H2,2-3H3/t15?,16-,17-,18-,20-,21+/m0/s1. The number of hydrogen-bond acceptors (Lipinski definition) is 1. The number of hydrogen-bond donors (Lipinski definition) is 0. The predicted octanol–water partition coefficient (Wildman–Crippen LogP) is 6.36. The van der Waals surface area contributed by atoms with E-state index in [1.54, 1.807) is 4.91 Å². The first kappa shape index (κ1) is 15.1. The second kappa shape index (κ2) is 5.30. The molecular formula is C21H30S. The molecule has 2 fully saturated rings. The van der Waals surface area contributed by atoms with Gasteiger partial charge in [-0.15, -0.1) is 18.3 Å². The molecule has 22 heavy (non-hydrogen) atoms. The summed E-state index contributed by atoms with van der Waals surface area (Å²) in [7, 11) is 0. The summed E-state index contributed by atoms with van der Waals surface area (Å²) >= 11 is 2.12. The van der Waals surface area contributed by atoms with Crippen molar-refractivity contribution in [2.75, 3.05) is 0 Å². The van der Waals surface area contributed by atoms with E-state index in [0.29, 0.717) is 16.1 Å². The van der Waals surface area contributed by atoms with Gasteiger partial charge in [-0.05, 0) is 66.6 Å². The van der Waals surface area contributed by atoms with Crippen LogP contribution in [-0.4, -0.2) is 5.25 Å². The number of thioether (sulfide) groups is 1. The third kappa shape index (κ3) is 2.11. The van der Waals surface area contributed by atoms with Crippen molar-refractivity contribution in [2.24, 2.45) is 28.6 Å². The molecule has 0 aromatic heterocycles. The van der Waals surface area contributed by atoms with Crippen molar-refractivity contribution in [3.05, 3.63) is 35.8 Å². The topological polar surface area (TPSA) is 0 Å². The Morgan fingerprint density at radius 3 is 2.95 bits per heavy atom. The van der Waals surface area contributed by atoms with E-state index in [0.717, 1.165) is 24.2 Å². The van der Waals surface area contributed by atoms with E-state index in [4.69, 9.17) is 0 Å². The molecule has 0 radical (unpaired) electrons. The molecule has 1 heterocycles. The molecular weight excluding hydrogens is 284 g/mol. The summed E-state index contributed by atoms with van der Waals surface area (Å²) in [5.41, 5.74) is 0.995. The van der Waals surface area contributed by atoms with Crippen molar-refractivity contribution in [2.45, 2.75) is 64.0 Å². The SMILES string of the molecule is C=CCC1C=C[C@@]2(C)C(=CC[C@H]3[C@@H]4CCC[C@@]4(C)CC[C@@H]32)S1. The summed E-state index contributed by atoms with van der Waals surface area (Å²) < 4.78 is 0. The highest BCUT2D eigenvalue weighted by Gasteiger charge is 2.55. The molecule has 0 saturated heterocycles. The van der Waals surface area contributed by atoms with Crippen molar-refractivity contribution in [1.82, 2.24) is 0 Å². The van der Waals surface area contributed by atoms with Crippen LogP contribution in [0.4, 0.5) is 0 Å². The quantitative estimate of drug-likeness (QED) is 0.534. The van der Waals surface area contributed by atoms with Gasteiger partial charge in [0.25, 0.3) is 0 Å². The molecule has 0 amide bonds. The second-order valence-corrected chi connectivity index (χ2v) is 9.87. The number of fused-ring (bicyclic) bond motifs is 5. The fraction of sp³-hybridized carbons (Fsp3) is 0.714. The van der Waals surface area contributed by atoms with E-state index in [-0.39, 0.29) is 0 Å². The van der Waals surface area contributed by atoms with Crippen LogP contribution in [0.15, 0.2) is 35.8 Å². The summed E-state index contributed by atoms with van der Waals surface area (Å²) in [5.74, 6) is 2.82. The zero-order valence-electron chi connectivity index (χ0n) is 14.2. The number of rotatable bonds is 2. The summed E-state index contributed by atoms with van der Waals surface area (Å²) in [6.07, 6.45) is 19.6. The Bertz CT molecular complexity index is 530. The van der Waals surface area contributed by atoms with E-state index in [1.807, 2.05) is 0 Å². The van der Waals surface area contributed by atoms with E-state index in [1.165, 1.54) is 38.5 Å². The van der Waals surface area contributed by atoms with Crippen molar-refractivity contribution < 1.29 is 0 Å². The van der Waals surface area contributed by atoms with Gasteiger partial charge < -0.3 is 0 Å². The monoisotopic (exact) mass is 314 g/mol. The van der Waals surface area contributed by atoms with Crippen LogP contribution in [0.3, 0.4) is 0 Å². The van der Waals surface area contributed by atoms with Crippen LogP contribution in [0.2, 0.25) is 0 Å². The Hall–Kier alpha value is -0.430. The molecule has 4 rings (SSSR count). The molecule has 1 aliphatic heterocycles. The van der Waals surface area contributed by atoms with E-state index in [9.17, 15) is 0 Å². The maximum atomic E-state index is 3.92. The molecule has 0 bridgehead atoms. The molecule has 1 unspecified atom stereocenters. The first-order chi connectivity index (χ1) is 10.6. The van der Waals surface area contributed by atoms with Gasteiger partial charge in [-0.3, -0.25) is 0 Å². The van der Waals surface area contributed by atoms with Crippen LogP contribution >= 0.6 is 11.8 Å². The van der Waals surface area contributed by atoms with Crippen molar-refractivity contribution in [3.63, 3.8) is 0 Å². The van der Waals surface area contributed by atoms with Crippen LogP contribution in [0, 0.1) is 28.6 Å². The highest BCUT2D eigenvalue weighted by molar-refractivity contribution is 8.03. The van der Waals surface area contributed by atoms with Crippen molar-refractivity contribution in [1.29, 1.82) is 0 Å². The molecule has 0 aromatic rings. The molecule has 3 aliphatic carbocycles. The fourth-order valence-electron chi connectivity index (χ4n) is 6.18. The van der Waals surface area contributed by atoms with Gasteiger partial charge in [0.05, 0.1) is 0 Å². The molecule has 2 saturated carbocycles. The Morgan fingerprint density at radius 1 is 1.27 bits per heavy atom. The maximum Gasteiger partial charge on any atom is 0.0306 e. The van der Waals surface area contributed by atoms with Crippen LogP contribution in [-0.2, 0) is 0 Å². The Balaban J connectivity index is 1.65. The van der Waals surface area contributed by atoms with E-state index >= 15 is 0 Å². The van der Waals surface area contributed by atoms with Crippen molar-refractivity contribution in [3.8, 4) is 0 Å². The molecule has 120 valence electrons. The Kier molecular flexibility index (Phi) is 3.64. The van der Waals surface area contributed by atoms with Crippen LogP contribution in [0.25, 0.3) is 0 Å². The largest absolute Gasteiger partial charge is 0.122 e. The number of allylic oxidation sites excluding steroid dienone is 4. The summed E-state index contributed by atoms with van der Waals surface area (Å²) in [5, 5.41) is 0.619. The van der Waals surface area contributed by atoms with Gasteiger partial charge in [-0.2, -0.15) is 0 Å². The van der Waals surface area contributed by atoms with Crippen LogP contribution in [0.1, 0.15) is 58.8 Å². The molecule has 6 atom stereocenters. The van der Waals surface area contributed by atoms with Crippen LogP contribution in [0.5, 0.6) is 0 Å². The Labute approximate surface area is 140 Å².